The quantitative estimate of drug-likeness (QED) is 0.732. The Hall–Kier alpha value is -2.33. The van der Waals surface area contributed by atoms with Crippen molar-refractivity contribution < 1.29 is 4.74 Å². The average molecular weight is 281 g/mol. The maximum absolute atomic E-state index is 5.74. The van der Waals surface area contributed by atoms with E-state index in [4.69, 9.17) is 15.5 Å². The van der Waals surface area contributed by atoms with Crippen molar-refractivity contribution >= 4 is 16.7 Å². The fraction of sp³-hybridized carbons (Fsp3) is 0.235. The number of nitrogens with zero attached hydrogens (tertiary/aromatic N) is 2. The Labute approximate surface area is 124 Å². The van der Waals surface area contributed by atoms with Crippen LogP contribution < -0.4 is 5.73 Å². The van der Waals surface area contributed by atoms with Crippen LogP contribution in [0.1, 0.15) is 11.4 Å². The van der Waals surface area contributed by atoms with Crippen LogP contribution in [0.2, 0.25) is 0 Å². The highest BCUT2D eigenvalue weighted by Crippen LogP contribution is 2.19. The lowest BCUT2D eigenvalue weighted by atomic mass is 10.1. The van der Waals surface area contributed by atoms with Gasteiger partial charge in [0.15, 0.2) is 0 Å². The van der Waals surface area contributed by atoms with Gasteiger partial charge in [-0.1, -0.05) is 24.3 Å². The van der Waals surface area contributed by atoms with Gasteiger partial charge in [-0.25, -0.2) is 4.98 Å². The molecule has 0 bridgehead atoms. The van der Waals surface area contributed by atoms with Gasteiger partial charge in [-0.15, -0.1) is 0 Å². The molecule has 2 N–H and O–H groups in total. The number of para-hydroxylation sites is 2. The van der Waals surface area contributed by atoms with E-state index in [0.29, 0.717) is 6.61 Å². The number of ether oxygens (including phenoxy) is 1. The second-order valence-electron chi connectivity index (χ2n) is 5.08. The fourth-order valence-electron chi connectivity index (χ4n) is 2.51. The first-order valence-corrected chi connectivity index (χ1v) is 7.05. The predicted molar refractivity (Wildman–Crippen MR) is 85.3 cm³/mol. The number of rotatable bonds is 5. The Morgan fingerprint density at radius 2 is 1.86 bits per heavy atom. The van der Waals surface area contributed by atoms with Crippen LogP contribution >= 0.6 is 0 Å². The van der Waals surface area contributed by atoms with Crippen LogP contribution in [0.5, 0.6) is 0 Å². The van der Waals surface area contributed by atoms with Crippen molar-refractivity contribution in [2.75, 3.05) is 19.5 Å². The van der Waals surface area contributed by atoms with Gasteiger partial charge in [0.1, 0.15) is 5.82 Å². The second-order valence-corrected chi connectivity index (χ2v) is 5.08. The molecule has 4 nitrogen and oxygen atoms in total. The smallest absolute Gasteiger partial charge is 0.114 e. The number of benzene rings is 2. The van der Waals surface area contributed by atoms with Crippen LogP contribution in [-0.2, 0) is 17.7 Å². The van der Waals surface area contributed by atoms with Crippen molar-refractivity contribution in [1.82, 2.24) is 9.55 Å². The Bertz CT molecular complexity index is 731. The molecule has 0 aliphatic heterocycles. The zero-order chi connectivity index (χ0) is 14.7. The molecule has 0 radical (unpaired) electrons. The van der Waals surface area contributed by atoms with Gasteiger partial charge in [-0.3, -0.25) is 0 Å². The number of aromatic nitrogens is 2. The lowest BCUT2D eigenvalue weighted by Crippen LogP contribution is -2.08. The van der Waals surface area contributed by atoms with Crippen LogP contribution in [0, 0.1) is 0 Å². The maximum Gasteiger partial charge on any atom is 0.114 e. The Morgan fingerprint density at radius 3 is 2.62 bits per heavy atom. The summed E-state index contributed by atoms with van der Waals surface area (Å²) < 4.78 is 7.45. The number of nitrogens with two attached hydrogens (primary N) is 1. The summed E-state index contributed by atoms with van der Waals surface area (Å²) in [6, 6.07) is 16.2. The molecule has 0 unspecified atom stereocenters. The van der Waals surface area contributed by atoms with Crippen molar-refractivity contribution in [2.45, 2.75) is 13.0 Å². The van der Waals surface area contributed by atoms with Crippen molar-refractivity contribution in [1.29, 1.82) is 0 Å². The van der Waals surface area contributed by atoms with Gasteiger partial charge in [0.2, 0.25) is 0 Å². The molecular weight excluding hydrogens is 262 g/mol. The molecule has 3 rings (SSSR count). The van der Waals surface area contributed by atoms with Crippen LogP contribution in [0.4, 0.5) is 5.69 Å². The van der Waals surface area contributed by atoms with E-state index in [0.717, 1.165) is 35.5 Å². The highest BCUT2D eigenvalue weighted by molar-refractivity contribution is 5.76. The van der Waals surface area contributed by atoms with Crippen molar-refractivity contribution in [3.05, 3.63) is 59.9 Å². The molecule has 4 heteroatoms. The summed E-state index contributed by atoms with van der Waals surface area (Å²) in [5, 5.41) is 0. The first-order valence-electron chi connectivity index (χ1n) is 7.05. The summed E-state index contributed by atoms with van der Waals surface area (Å²) in [6.07, 6.45) is 0.790. The Morgan fingerprint density at radius 1 is 1.10 bits per heavy atom. The zero-order valence-corrected chi connectivity index (χ0v) is 12.1. The van der Waals surface area contributed by atoms with Crippen LogP contribution in [0.15, 0.2) is 48.5 Å². The fourth-order valence-corrected chi connectivity index (χ4v) is 2.51. The van der Waals surface area contributed by atoms with Crippen LogP contribution in [0.25, 0.3) is 11.0 Å². The predicted octanol–water partition coefficient (Wildman–Crippen LogP) is 2.86. The lowest BCUT2D eigenvalue weighted by molar-refractivity contribution is 0.187. The van der Waals surface area contributed by atoms with E-state index in [1.807, 2.05) is 30.3 Å². The topological polar surface area (TPSA) is 53.1 Å². The van der Waals surface area contributed by atoms with E-state index in [2.05, 4.69) is 22.8 Å². The molecular formula is C17H19N3O. The molecule has 0 amide bonds. The second kappa shape index (κ2) is 5.97. The molecule has 0 saturated heterocycles. The van der Waals surface area contributed by atoms with E-state index in [1.54, 1.807) is 7.11 Å². The molecule has 108 valence electrons. The number of fused-ring (bicyclic) bond motifs is 1. The maximum atomic E-state index is 5.74. The molecule has 0 aliphatic carbocycles. The SMILES string of the molecule is COCCn1c(Cc2ccc(N)cc2)nc2ccccc21. The molecule has 0 fully saturated rings. The van der Waals surface area contributed by atoms with E-state index in [9.17, 15) is 0 Å². The largest absolute Gasteiger partial charge is 0.399 e. The number of methoxy groups -OCH3 is 1. The molecule has 0 aliphatic rings. The summed E-state index contributed by atoms with van der Waals surface area (Å²) in [7, 11) is 1.72. The summed E-state index contributed by atoms with van der Waals surface area (Å²) in [4.78, 5) is 4.76. The summed E-state index contributed by atoms with van der Waals surface area (Å²) >= 11 is 0. The third-order valence-corrected chi connectivity index (χ3v) is 3.59. The molecule has 1 heterocycles. The molecule has 0 spiro atoms. The lowest BCUT2D eigenvalue weighted by Gasteiger charge is -2.09. The van der Waals surface area contributed by atoms with E-state index in [1.165, 1.54) is 5.56 Å². The van der Waals surface area contributed by atoms with Gasteiger partial charge >= 0.3 is 0 Å². The molecule has 0 atom stereocenters. The number of imidazole rings is 1. The highest BCUT2D eigenvalue weighted by atomic mass is 16.5. The summed E-state index contributed by atoms with van der Waals surface area (Å²) in [6.45, 7) is 1.48. The Kier molecular flexibility index (Phi) is 3.88. The van der Waals surface area contributed by atoms with E-state index >= 15 is 0 Å². The minimum absolute atomic E-state index is 0.676. The van der Waals surface area contributed by atoms with Crippen LogP contribution in [0.3, 0.4) is 0 Å². The van der Waals surface area contributed by atoms with Crippen LogP contribution in [-0.4, -0.2) is 23.3 Å². The first kappa shape index (κ1) is 13.6. The molecule has 0 saturated carbocycles. The van der Waals surface area contributed by atoms with Gasteiger partial charge in [0.05, 0.1) is 17.6 Å². The first-order chi connectivity index (χ1) is 10.3. The minimum atomic E-state index is 0.676. The standard InChI is InChI=1S/C17H19N3O/c1-21-11-10-20-16-5-3-2-4-15(16)19-17(20)12-13-6-8-14(18)9-7-13/h2-9H,10-12,18H2,1H3. The normalized spacial score (nSPS) is 11.1. The zero-order valence-electron chi connectivity index (χ0n) is 12.1. The third-order valence-electron chi connectivity index (χ3n) is 3.59. The van der Waals surface area contributed by atoms with Gasteiger partial charge < -0.3 is 15.0 Å². The number of anilines is 1. The van der Waals surface area contributed by atoms with Crippen molar-refractivity contribution in [2.24, 2.45) is 0 Å². The number of hydrogen-bond acceptors (Lipinski definition) is 3. The monoisotopic (exact) mass is 281 g/mol. The van der Waals surface area contributed by atoms with Gasteiger partial charge in [0, 0.05) is 25.8 Å². The average Bonchev–Trinajstić information content (AvgIpc) is 2.85. The summed E-state index contributed by atoms with van der Waals surface area (Å²) in [5.74, 6) is 1.05. The molecule has 21 heavy (non-hydrogen) atoms. The van der Waals surface area contributed by atoms with Gasteiger partial charge in [-0.05, 0) is 29.8 Å². The minimum Gasteiger partial charge on any atom is -0.399 e. The molecule has 1 aromatic heterocycles. The van der Waals surface area contributed by atoms with Crippen molar-refractivity contribution in [3.63, 3.8) is 0 Å². The molecule has 2 aromatic carbocycles. The highest BCUT2D eigenvalue weighted by Gasteiger charge is 2.10. The van der Waals surface area contributed by atoms with Gasteiger partial charge in [-0.2, -0.15) is 0 Å². The third kappa shape index (κ3) is 2.90. The number of nitrogen functional groups attached to an aromatic ring is 1. The van der Waals surface area contributed by atoms with Gasteiger partial charge in [0.25, 0.3) is 0 Å². The Balaban J connectivity index is 1.97. The molecule has 3 aromatic rings. The number of hydrogen-bond donors (Lipinski definition) is 1. The summed E-state index contributed by atoms with van der Waals surface area (Å²) in [5.41, 5.74) is 9.91. The van der Waals surface area contributed by atoms with E-state index < -0.39 is 0 Å². The van der Waals surface area contributed by atoms with Crippen molar-refractivity contribution in [3.8, 4) is 0 Å². The van der Waals surface area contributed by atoms with E-state index in [-0.39, 0.29) is 0 Å².